The second-order valence-electron chi connectivity index (χ2n) is 5.29. The zero-order chi connectivity index (χ0) is 15.1. The van der Waals surface area contributed by atoms with Gasteiger partial charge in [-0.15, -0.1) is 11.6 Å². The van der Waals surface area contributed by atoms with Gasteiger partial charge >= 0.3 is 0 Å². The molecule has 21 heavy (non-hydrogen) atoms. The van der Waals surface area contributed by atoms with E-state index in [0.717, 1.165) is 19.3 Å². The van der Waals surface area contributed by atoms with Crippen LogP contribution in [0.25, 0.3) is 0 Å². The Morgan fingerprint density at radius 3 is 2.48 bits per heavy atom. The molecule has 0 atom stereocenters. The number of hydrogen-bond donors (Lipinski definition) is 1. The van der Waals surface area contributed by atoms with E-state index >= 15 is 0 Å². The van der Waals surface area contributed by atoms with Gasteiger partial charge in [0.15, 0.2) is 0 Å². The molecule has 1 aromatic rings. The zero-order valence-electron chi connectivity index (χ0n) is 12.1. The summed E-state index contributed by atoms with van der Waals surface area (Å²) < 4.78 is 0. The fourth-order valence-corrected chi connectivity index (χ4v) is 2.64. The Labute approximate surface area is 130 Å². The van der Waals surface area contributed by atoms with Gasteiger partial charge in [-0.25, -0.2) is 0 Å². The Kier molecular flexibility index (Phi) is 6.05. The number of likely N-dealkylation sites (tertiary alicyclic amines) is 1. The van der Waals surface area contributed by atoms with E-state index in [2.05, 4.69) is 5.32 Å². The van der Waals surface area contributed by atoms with Crippen LogP contribution in [0.5, 0.6) is 0 Å². The minimum Gasteiger partial charge on any atom is -0.349 e. The van der Waals surface area contributed by atoms with Crippen molar-refractivity contribution in [1.82, 2.24) is 10.2 Å². The van der Waals surface area contributed by atoms with Gasteiger partial charge in [0.1, 0.15) is 0 Å². The molecular weight excluding hydrogens is 288 g/mol. The summed E-state index contributed by atoms with van der Waals surface area (Å²) in [6, 6.07) is 9.36. The molecule has 0 radical (unpaired) electrons. The van der Waals surface area contributed by atoms with Gasteiger partial charge in [0.25, 0.3) is 5.91 Å². The van der Waals surface area contributed by atoms with Crippen LogP contribution in [0.1, 0.15) is 36.0 Å². The largest absolute Gasteiger partial charge is 0.349 e. The molecule has 1 fully saturated rings. The van der Waals surface area contributed by atoms with Crippen molar-refractivity contribution in [2.45, 2.75) is 31.7 Å². The monoisotopic (exact) mass is 308 g/mol. The van der Waals surface area contributed by atoms with E-state index in [1.807, 2.05) is 23.1 Å². The van der Waals surface area contributed by atoms with Crippen LogP contribution in [0.3, 0.4) is 0 Å². The topological polar surface area (TPSA) is 49.4 Å². The lowest BCUT2D eigenvalue weighted by Crippen LogP contribution is -2.46. The number of alkyl halides is 1. The lowest BCUT2D eigenvalue weighted by Gasteiger charge is -2.32. The van der Waals surface area contributed by atoms with Crippen LogP contribution in [-0.2, 0) is 4.79 Å². The molecular formula is C16H21ClN2O2. The molecule has 1 saturated heterocycles. The normalized spacial score (nSPS) is 15.8. The molecule has 2 amide bonds. The highest BCUT2D eigenvalue weighted by molar-refractivity contribution is 6.17. The van der Waals surface area contributed by atoms with Gasteiger partial charge < -0.3 is 10.2 Å². The van der Waals surface area contributed by atoms with Crippen molar-refractivity contribution in [3.63, 3.8) is 0 Å². The minimum atomic E-state index is -0.0393. The van der Waals surface area contributed by atoms with E-state index in [1.54, 1.807) is 12.1 Å². The third-order valence-electron chi connectivity index (χ3n) is 3.74. The van der Waals surface area contributed by atoms with Gasteiger partial charge in [0.2, 0.25) is 5.91 Å². The van der Waals surface area contributed by atoms with Crippen LogP contribution in [0.2, 0.25) is 0 Å². The number of rotatable bonds is 5. The van der Waals surface area contributed by atoms with Crippen LogP contribution in [0.4, 0.5) is 0 Å². The SMILES string of the molecule is O=C(NC1CCN(C(=O)CCCCl)CC1)c1ccccc1. The van der Waals surface area contributed by atoms with Crippen LogP contribution in [0, 0.1) is 0 Å². The standard InChI is InChI=1S/C16H21ClN2O2/c17-10-4-7-15(20)19-11-8-14(9-12-19)18-16(21)13-5-2-1-3-6-13/h1-3,5-6,14H,4,7-12H2,(H,18,21). The maximum Gasteiger partial charge on any atom is 0.251 e. The number of hydrogen-bond acceptors (Lipinski definition) is 2. The van der Waals surface area contributed by atoms with Crippen molar-refractivity contribution < 1.29 is 9.59 Å². The highest BCUT2D eigenvalue weighted by atomic mass is 35.5. The summed E-state index contributed by atoms with van der Waals surface area (Å²) in [6.45, 7) is 1.42. The number of benzene rings is 1. The fraction of sp³-hybridized carbons (Fsp3) is 0.500. The quantitative estimate of drug-likeness (QED) is 0.849. The molecule has 5 heteroatoms. The number of carbonyl (C=O) groups is 2. The zero-order valence-corrected chi connectivity index (χ0v) is 12.8. The summed E-state index contributed by atoms with van der Waals surface area (Å²) in [4.78, 5) is 25.8. The molecule has 0 bridgehead atoms. The van der Waals surface area contributed by atoms with Crippen molar-refractivity contribution in [3.05, 3.63) is 35.9 Å². The van der Waals surface area contributed by atoms with Gasteiger partial charge in [-0.1, -0.05) is 18.2 Å². The van der Waals surface area contributed by atoms with Gasteiger partial charge in [0.05, 0.1) is 0 Å². The van der Waals surface area contributed by atoms with Gasteiger partial charge in [-0.3, -0.25) is 9.59 Å². The van der Waals surface area contributed by atoms with Crippen molar-refractivity contribution >= 4 is 23.4 Å². The lowest BCUT2D eigenvalue weighted by atomic mass is 10.0. The van der Waals surface area contributed by atoms with Crippen LogP contribution < -0.4 is 5.32 Å². The average molecular weight is 309 g/mol. The minimum absolute atomic E-state index is 0.0393. The number of carbonyl (C=O) groups excluding carboxylic acids is 2. The van der Waals surface area contributed by atoms with E-state index in [4.69, 9.17) is 11.6 Å². The Balaban J connectivity index is 1.77. The first-order valence-corrected chi connectivity index (χ1v) is 7.94. The Morgan fingerprint density at radius 2 is 1.86 bits per heavy atom. The Hall–Kier alpha value is -1.55. The second kappa shape index (κ2) is 8.03. The van der Waals surface area contributed by atoms with E-state index < -0.39 is 0 Å². The molecule has 1 aliphatic rings. The molecule has 114 valence electrons. The Morgan fingerprint density at radius 1 is 1.19 bits per heavy atom. The third-order valence-corrected chi connectivity index (χ3v) is 4.01. The number of halogens is 1. The molecule has 0 spiro atoms. The molecule has 1 N–H and O–H groups in total. The molecule has 1 heterocycles. The molecule has 0 unspecified atom stereocenters. The summed E-state index contributed by atoms with van der Waals surface area (Å²) in [5.41, 5.74) is 0.679. The summed E-state index contributed by atoms with van der Waals surface area (Å²) in [5, 5.41) is 3.04. The molecule has 0 aromatic heterocycles. The summed E-state index contributed by atoms with van der Waals surface area (Å²) in [6.07, 6.45) is 2.87. The van der Waals surface area contributed by atoms with Crippen LogP contribution in [-0.4, -0.2) is 41.7 Å². The van der Waals surface area contributed by atoms with E-state index in [9.17, 15) is 9.59 Å². The molecule has 1 aromatic carbocycles. The average Bonchev–Trinajstić information content (AvgIpc) is 2.54. The molecule has 1 aliphatic heterocycles. The summed E-state index contributed by atoms with van der Waals surface area (Å²) in [5.74, 6) is 0.654. The number of piperidine rings is 1. The number of nitrogens with zero attached hydrogens (tertiary/aromatic N) is 1. The first kappa shape index (κ1) is 15.8. The van der Waals surface area contributed by atoms with Crippen LogP contribution in [0.15, 0.2) is 30.3 Å². The predicted octanol–water partition coefficient (Wildman–Crippen LogP) is 2.43. The summed E-state index contributed by atoms with van der Waals surface area (Å²) in [7, 11) is 0. The molecule has 0 saturated carbocycles. The lowest BCUT2D eigenvalue weighted by molar-refractivity contribution is -0.132. The molecule has 4 nitrogen and oxygen atoms in total. The first-order chi connectivity index (χ1) is 10.2. The van der Waals surface area contributed by atoms with Gasteiger partial charge in [-0.05, 0) is 31.4 Å². The van der Waals surface area contributed by atoms with E-state index in [0.29, 0.717) is 31.0 Å². The highest BCUT2D eigenvalue weighted by Gasteiger charge is 2.23. The van der Waals surface area contributed by atoms with E-state index in [1.165, 1.54) is 0 Å². The second-order valence-corrected chi connectivity index (χ2v) is 5.67. The van der Waals surface area contributed by atoms with Crippen molar-refractivity contribution in [1.29, 1.82) is 0 Å². The van der Waals surface area contributed by atoms with Crippen LogP contribution >= 0.6 is 11.6 Å². The molecule has 0 aliphatic carbocycles. The first-order valence-electron chi connectivity index (χ1n) is 7.40. The van der Waals surface area contributed by atoms with Crippen molar-refractivity contribution in [2.24, 2.45) is 0 Å². The van der Waals surface area contributed by atoms with Crippen molar-refractivity contribution in [2.75, 3.05) is 19.0 Å². The fourth-order valence-electron chi connectivity index (χ4n) is 2.51. The smallest absolute Gasteiger partial charge is 0.251 e. The van der Waals surface area contributed by atoms with Gasteiger partial charge in [-0.2, -0.15) is 0 Å². The Bertz CT molecular complexity index is 470. The highest BCUT2D eigenvalue weighted by Crippen LogP contribution is 2.13. The number of amides is 2. The molecule has 2 rings (SSSR count). The summed E-state index contributed by atoms with van der Waals surface area (Å²) >= 11 is 5.60. The maximum atomic E-state index is 12.1. The third kappa shape index (κ3) is 4.74. The van der Waals surface area contributed by atoms with Crippen molar-refractivity contribution in [3.8, 4) is 0 Å². The van der Waals surface area contributed by atoms with E-state index in [-0.39, 0.29) is 17.9 Å². The van der Waals surface area contributed by atoms with Gasteiger partial charge in [0, 0.05) is 37.0 Å². The predicted molar refractivity (Wildman–Crippen MR) is 83.5 cm³/mol. The maximum absolute atomic E-state index is 12.1. The number of nitrogens with one attached hydrogen (secondary N) is 1.